The normalized spacial score (nSPS) is 17.5. The Balaban J connectivity index is 0.00000261. The molecule has 1 aliphatic heterocycles. The highest BCUT2D eigenvalue weighted by molar-refractivity contribution is 5.89. The van der Waals surface area contributed by atoms with Crippen molar-refractivity contribution in [1.82, 2.24) is 4.90 Å². The van der Waals surface area contributed by atoms with E-state index in [4.69, 9.17) is 10.8 Å². The first kappa shape index (κ1) is 21.0. The van der Waals surface area contributed by atoms with Crippen LogP contribution in [0, 0.1) is 5.92 Å². The van der Waals surface area contributed by atoms with Gasteiger partial charge in [-0.2, -0.15) is 0 Å². The minimum Gasteiger partial charge on any atom is -0.481 e. The van der Waals surface area contributed by atoms with Gasteiger partial charge in [0.1, 0.15) is 5.94 Å². The summed E-state index contributed by atoms with van der Waals surface area (Å²) in [5.74, 6) is 1.64. The largest absolute Gasteiger partial charge is 0.481 e. The molecule has 27 heavy (non-hydrogen) atoms. The molecule has 3 N–H and O–H groups in total. The van der Waals surface area contributed by atoms with Gasteiger partial charge in [0, 0.05) is 43.7 Å². The molecule has 144 valence electrons. The van der Waals surface area contributed by atoms with Crippen LogP contribution in [0.2, 0.25) is 0 Å². The van der Waals surface area contributed by atoms with Gasteiger partial charge < -0.3 is 15.7 Å². The van der Waals surface area contributed by atoms with Crippen LogP contribution in [0.3, 0.4) is 0 Å². The maximum atomic E-state index is 11.5. The lowest BCUT2D eigenvalue weighted by atomic mass is 9.89. The van der Waals surface area contributed by atoms with Crippen LogP contribution < -0.4 is 5.73 Å². The Labute approximate surface area is 165 Å². The number of likely N-dealkylation sites (tertiary alicyclic amines) is 1. The topological polar surface area (TPSA) is 83.6 Å². The van der Waals surface area contributed by atoms with Gasteiger partial charge in [-0.3, -0.25) is 4.79 Å². The molecule has 1 aromatic rings. The van der Waals surface area contributed by atoms with E-state index in [1.807, 2.05) is 30.3 Å². The summed E-state index contributed by atoms with van der Waals surface area (Å²) in [6.07, 6.45) is 6.62. The summed E-state index contributed by atoms with van der Waals surface area (Å²) in [4.78, 5) is 24.7. The van der Waals surface area contributed by atoms with Crippen molar-refractivity contribution in [2.75, 3.05) is 13.1 Å². The van der Waals surface area contributed by atoms with Crippen molar-refractivity contribution in [1.29, 1.82) is 0 Å². The van der Waals surface area contributed by atoms with Gasteiger partial charge in [0.25, 0.3) is 0 Å². The first-order valence-electron chi connectivity index (χ1n) is 9.02. The van der Waals surface area contributed by atoms with Crippen molar-refractivity contribution in [3.05, 3.63) is 58.8 Å². The number of hydrogen-bond acceptors (Lipinski definition) is 4. The zero-order valence-electron chi connectivity index (χ0n) is 15.2. The number of allylic oxidation sites excluding steroid dienone is 4. The molecule has 0 aromatic heterocycles. The molecule has 1 fully saturated rings. The second kappa shape index (κ2) is 9.56. The van der Waals surface area contributed by atoms with Gasteiger partial charge in [-0.25, -0.2) is 4.79 Å². The molecule has 3 rings (SSSR count). The highest BCUT2D eigenvalue weighted by Gasteiger charge is 2.25. The Morgan fingerprint density at radius 2 is 1.85 bits per heavy atom. The Hall–Kier alpha value is -2.33. The number of piperidine rings is 1. The Bertz CT molecular complexity index is 784. The molecule has 0 saturated carbocycles. The number of nitrogens with two attached hydrogens (primary N) is 1. The maximum Gasteiger partial charge on any atom is 0.303 e. The number of carboxylic acids is 1. The van der Waals surface area contributed by atoms with Crippen LogP contribution in [0.5, 0.6) is 0 Å². The van der Waals surface area contributed by atoms with Gasteiger partial charge >= 0.3 is 5.97 Å². The van der Waals surface area contributed by atoms with Crippen LogP contribution in [0.15, 0.2) is 47.7 Å². The summed E-state index contributed by atoms with van der Waals surface area (Å²) >= 11 is 0. The smallest absolute Gasteiger partial charge is 0.303 e. The molecule has 5 nitrogen and oxygen atoms in total. The second-order valence-corrected chi connectivity index (χ2v) is 6.93. The number of benzene rings is 1. The number of hydrogen-bond donors (Lipinski definition) is 2. The van der Waals surface area contributed by atoms with E-state index >= 15 is 0 Å². The molecule has 0 bridgehead atoms. The number of carboxylic acid groups (broad SMARTS) is 1. The summed E-state index contributed by atoms with van der Waals surface area (Å²) in [5.41, 5.74) is 10.4. The zero-order chi connectivity index (χ0) is 18.5. The summed E-state index contributed by atoms with van der Waals surface area (Å²) in [6.45, 7) is 2.17. The van der Waals surface area contributed by atoms with Crippen molar-refractivity contribution in [2.45, 2.75) is 32.2 Å². The van der Waals surface area contributed by atoms with Crippen LogP contribution >= 0.6 is 12.4 Å². The van der Waals surface area contributed by atoms with Gasteiger partial charge in [-0.1, -0.05) is 30.3 Å². The van der Waals surface area contributed by atoms with E-state index in [9.17, 15) is 9.59 Å². The highest BCUT2D eigenvalue weighted by Crippen LogP contribution is 2.33. The van der Waals surface area contributed by atoms with Crippen LogP contribution in [0.25, 0.3) is 5.57 Å². The lowest BCUT2D eigenvalue weighted by molar-refractivity contribution is -0.138. The van der Waals surface area contributed by atoms with Gasteiger partial charge in [0.15, 0.2) is 0 Å². The first-order valence-corrected chi connectivity index (χ1v) is 9.02. The summed E-state index contributed by atoms with van der Waals surface area (Å²) in [5, 5.41) is 8.93. The average Bonchev–Trinajstić information content (AvgIpc) is 2.68. The molecule has 0 unspecified atom stereocenters. The number of carbonyl (C=O) groups excluding carboxylic acids is 1. The van der Waals surface area contributed by atoms with E-state index in [-0.39, 0.29) is 24.7 Å². The Kier molecular flexibility index (Phi) is 7.43. The van der Waals surface area contributed by atoms with Gasteiger partial charge in [-0.05, 0) is 41.5 Å². The predicted octanol–water partition coefficient (Wildman–Crippen LogP) is 3.18. The quantitative estimate of drug-likeness (QED) is 0.757. The van der Waals surface area contributed by atoms with Crippen molar-refractivity contribution in [3.8, 4) is 0 Å². The molecule has 0 amide bonds. The fourth-order valence-electron chi connectivity index (χ4n) is 3.69. The zero-order valence-corrected chi connectivity index (χ0v) is 16.0. The van der Waals surface area contributed by atoms with E-state index in [0.29, 0.717) is 18.5 Å². The molecule has 0 radical (unpaired) electrons. The number of aliphatic carboxylic acids is 1. The summed E-state index contributed by atoms with van der Waals surface area (Å²) in [7, 11) is 0. The Morgan fingerprint density at radius 3 is 2.41 bits per heavy atom. The third kappa shape index (κ3) is 5.10. The molecular weight excluding hydrogens is 364 g/mol. The maximum absolute atomic E-state index is 11.5. The number of halogens is 1. The summed E-state index contributed by atoms with van der Waals surface area (Å²) < 4.78 is 0. The molecule has 1 aliphatic carbocycles. The SMILES string of the molecule is Cl.NCc1ccc(C2=CC=C(N3CCC(CC(=O)O)CC3)CC2=C=O)cc1. The standard InChI is InChI=1S/C21H24N2O3.ClH/c22-13-16-1-3-17(4-2-16)20-6-5-19(12-18(20)14-24)23-9-7-15(8-10-23)11-21(25)26;/h1-6,15H,7-13,22H2,(H,25,26);1H. The average molecular weight is 389 g/mol. The van der Waals surface area contributed by atoms with E-state index in [2.05, 4.69) is 16.9 Å². The van der Waals surface area contributed by atoms with E-state index in [0.717, 1.165) is 48.3 Å². The third-order valence-corrected chi connectivity index (χ3v) is 5.23. The molecule has 0 atom stereocenters. The lowest BCUT2D eigenvalue weighted by Crippen LogP contribution is -2.34. The monoisotopic (exact) mass is 388 g/mol. The number of rotatable bonds is 5. The fraction of sp³-hybridized carbons (Fsp3) is 0.381. The van der Waals surface area contributed by atoms with Gasteiger partial charge in [0.2, 0.25) is 0 Å². The molecule has 0 spiro atoms. The van der Waals surface area contributed by atoms with E-state index in [1.165, 1.54) is 0 Å². The fourth-order valence-corrected chi connectivity index (χ4v) is 3.69. The lowest BCUT2D eigenvalue weighted by Gasteiger charge is -2.35. The van der Waals surface area contributed by atoms with Crippen LogP contribution in [0.1, 0.15) is 36.8 Å². The molecule has 6 heteroatoms. The van der Waals surface area contributed by atoms with E-state index < -0.39 is 5.97 Å². The van der Waals surface area contributed by atoms with Crippen molar-refractivity contribution >= 4 is 29.9 Å². The minimum absolute atomic E-state index is 0. The van der Waals surface area contributed by atoms with E-state index in [1.54, 1.807) is 0 Å². The third-order valence-electron chi connectivity index (χ3n) is 5.23. The van der Waals surface area contributed by atoms with Gasteiger partial charge in [0.05, 0.1) is 0 Å². The molecule has 1 heterocycles. The molecular formula is C21H25ClN2O3. The number of nitrogens with zero attached hydrogens (tertiary/aromatic N) is 1. The Morgan fingerprint density at radius 1 is 1.19 bits per heavy atom. The van der Waals surface area contributed by atoms with Gasteiger partial charge in [-0.15, -0.1) is 12.4 Å². The first-order chi connectivity index (χ1) is 12.6. The van der Waals surface area contributed by atoms with Crippen molar-refractivity contribution in [3.63, 3.8) is 0 Å². The van der Waals surface area contributed by atoms with Crippen LogP contribution in [-0.4, -0.2) is 35.0 Å². The second-order valence-electron chi connectivity index (χ2n) is 6.93. The van der Waals surface area contributed by atoms with Crippen molar-refractivity contribution < 1.29 is 14.7 Å². The van der Waals surface area contributed by atoms with Crippen molar-refractivity contribution in [2.24, 2.45) is 11.7 Å². The van der Waals surface area contributed by atoms with Crippen LogP contribution in [0.4, 0.5) is 0 Å². The number of carbonyl (C=O) groups is 1. The molecule has 1 saturated heterocycles. The minimum atomic E-state index is -0.722. The highest BCUT2D eigenvalue weighted by atomic mass is 35.5. The predicted molar refractivity (Wildman–Crippen MR) is 108 cm³/mol. The molecule has 1 aromatic carbocycles. The van der Waals surface area contributed by atoms with Crippen LogP contribution in [-0.2, 0) is 16.1 Å². The molecule has 2 aliphatic rings. The summed E-state index contributed by atoms with van der Waals surface area (Å²) in [6, 6.07) is 7.93.